The summed E-state index contributed by atoms with van der Waals surface area (Å²) in [5.41, 5.74) is 2.36. The predicted octanol–water partition coefficient (Wildman–Crippen LogP) is 4.26. The maximum absolute atomic E-state index is 14.1. The average molecular weight is 399 g/mol. The molecule has 0 spiro atoms. The average Bonchev–Trinajstić information content (AvgIpc) is 2.69. The lowest BCUT2D eigenvalue weighted by Crippen LogP contribution is -2.50. The Balaban J connectivity index is 2.30. The van der Waals surface area contributed by atoms with Gasteiger partial charge in [-0.15, -0.1) is 0 Å². The Morgan fingerprint density at radius 2 is 1.66 bits per heavy atom. The number of amides is 2. The van der Waals surface area contributed by atoms with Crippen LogP contribution >= 0.6 is 0 Å². The quantitative estimate of drug-likeness (QED) is 0.686. The Labute approximate surface area is 173 Å². The third kappa shape index (κ3) is 6.41. The monoisotopic (exact) mass is 398 g/mol. The van der Waals surface area contributed by atoms with Gasteiger partial charge in [-0.2, -0.15) is 0 Å². The molecular formula is C24H31FN2O2. The van der Waals surface area contributed by atoms with E-state index >= 15 is 0 Å². The first kappa shape index (κ1) is 22.6. The van der Waals surface area contributed by atoms with Crippen LogP contribution < -0.4 is 5.32 Å². The summed E-state index contributed by atoms with van der Waals surface area (Å²) in [5.74, 6) is -0.522. The van der Waals surface area contributed by atoms with Crippen LogP contribution in [0, 0.1) is 18.7 Å². The van der Waals surface area contributed by atoms with Gasteiger partial charge in [-0.25, -0.2) is 4.39 Å². The number of nitrogens with zero attached hydrogens (tertiary/aromatic N) is 1. The molecule has 0 aliphatic rings. The highest BCUT2D eigenvalue weighted by molar-refractivity contribution is 5.88. The molecule has 2 aromatic rings. The van der Waals surface area contributed by atoms with Crippen LogP contribution in [0.4, 0.5) is 4.39 Å². The minimum Gasteiger partial charge on any atom is -0.354 e. The van der Waals surface area contributed by atoms with E-state index in [1.165, 1.54) is 6.07 Å². The standard InChI is InChI=1S/C24H31FN2O2/c1-5-22(24(29)26-15-17(2)3)27(16-20-12-7-6-10-18(20)4)23(28)14-19-11-8-9-13-21(19)25/h6-13,17,22H,5,14-16H2,1-4H3,(H,26,29)/t22-/m0/s1. The predicted molar refractivity (Wildman–Crippen MR) is 114 cm³/mol. The molecular weight excluding hydrogens is 367 g/mol. The first-order chi connectivity index (χ1) is 13.8. The Hall–Kier alpha value is -2.69. The van der Waals surface area contributed by atoms with E-state index < -0.39 is 11.9 Å². The fourth-order valence-electron chi connectivity index (χ4n) is 3.22. The lowest BCUT2D eigenvalue weighted by atomic mass is 10.0. The molecule has 29 heavy (non-hydrogen) atoms. The van der Waals surface area contributed by atoms with Crippen LogP contribution in [0.5, 0.6) is 0 Å². The van der Waals surface area contributed by atoms with Crippen molar-refractivity contribution in [3.63, 3.8) is 0 Å². The summed E-state index contributed by atoms with van der Waals surface area (Å²) in [5, 5.41) is 2.94. The number of nitrogens with one attached hydrogen (secondary N) is 1. The van der Waals surface area contributed by atoms with Crippen LogP contribution in [0.25, 0.3) is 0 Å². The minimum atomic E-state index is -0.604. The van der Waals surface area contributed by atoms with Gasteiger partial charge in [0.25, 0.3) is 0 Å². The SMILES string of the molecule is CC[C@@H](C(=O)NCC(C)C)N(Cc1ccccc1C)C(=O)Cc1ccccc1F. The fraction of sp³-hybridized carbons (Fsp3) is 0.417. The number of carbonyl (C=O) groups excluding carboxylic acids is 2. The van der Waals surface area contributed by atoms with Crippen LogP contribution in [0.1, 0.15) is 43.9 Å². The third-order valence-corrected chi connectivity index (χ3v) is 4.97. The number of hydrogen-bond donors (Lipinski definition) is 1. The van der Waals surface area contributed by atoms with Gasteiger partial charge >= 0.3 is 0 Å². The van der Waals surface area contributed by atoms with Crippen molar-refractivity contribution < 1.29 is 14.0 Å². The molecule has 2 rings (SSSR count). The molecule has 0 aromatic heterocycles. The van der Waals surface area contributed by atoms with Crippen molar-refractivity contribution in [2.24, 2.45) is 5.92 Å². The van der Waals surface area contributed by atoms with Crippen molar-refractivity contribution in [2.75, 3.05) is 6.54 Å². The number of halogens is 1. The van der Waals surface area contributed by atoms with Crippen LogP contribution in [0.15, 0.2) is 48.5 Å². The maximum atomic E-state index is 14.1. The molecule has 0 unspecified atom stereocenters. The third-order valence-electron chi connectivity index (χ3n) is 4.97. The van der Waals surface area contributed by atoms with Crippen LogP contribution in [-0.4, -0.2) is 29.3 Å². The zero-order chi connectivity index (χ0) is 21.4. The molecule has 156 valence electrons. The molecule has 0 heterocycles. The molecule has 0 radical (unpaired) electrons. The van der Waals surface area contributed by atoms with Crippen molar-refractivity contribution in [3.05, 3.63) is 71.0 Å². The largest absolute Gasteiger partial charge is 0.354 e. The molecule has 2 aromatic carbocycles. The van der Waals surface area contributed by atoms with Gasteiger partial charge in [-0.1, -0.05) is 63.2 Å². The van der Waals surface area contributed by atoms with Crippen LogP contribution in [0.3, 0.4) is 0 Å². The van der Waals surface area contributed by atoms with Crippen LogP contribution in [-0.2, 0) is 22.6 Å². The van der Waals surface area contributed by atoms with Gasteiger partial charge in [0.1, 0.15) is 11.9 Å². The van der Waals surface area contributed by atoms with Gasteiger partial charge in [0.2, 0.25) is 11.8 Å². The highest BCUT2D eigenvalue weighted by Crippen LogP contribution is 2.18. The zero-order valence-electron chi connectivity index (χ0n) is 17.7. The lowest BCUT2D eigenvalue weighted by Gasteiger charge is -2.31. The van der Waals surface area contributed by atoms with Crippen molar-refractivity contribution in [2.45, 2.75) is 53.1 Å². The second-order valence-corrected chi connectivity index (χ2v) is 7.78. The van der Waals surface area contributed by atoms with E-state index in [1.807, 2.05) is 52.0 Å². The highest BCUT2D eigenvalue weighted by atomic mass is 19.1. The molecule has 0 bridgehead atoms. The van der Waals surface area contributed by atoms with Gasteiger partial charge < -0.3 is 10.2 Å². The van der Waals surface area contributed by atoms with Gasteiger partial charge in [0, 0.05) is 13.1 Å². The van der Waals surface area contributed by atoms with Crippen LogP contribution in [0.2, 0.25) is 0 Å². The molecule has 0 fully saturated rings. The second kappa shape index (κ2) is 10.7. The van der Waals surface area contributed by atoms with Crippen molar-refractivity contribution in [3.8, 4) is 0 Å². The summed E-state index contributed by atoms with van der Waals surface area (Å²) in [4.78, 5) is 27.6. The van der Waals surface area contributed by atoms with E-state index in [9.17, 15) is 14.0 Å². The summed E-state index contributed by atoms with van der Waals surface area (Å²) < 4.78 is 14.1. The summed E-state index contributed by atoms with van der Waals surface area (Å²) >= 11 is 0. The van der Waals surface area contributed by atoms with E-state index in [0.717, 1.165) is 11.1 Å². The molecule has 0 aliphatic heterocycles. The molecule has 0 saturated heterocycles. The molecule has 1 atom stereocenters. The van der Waals surface area contributed by atoms with Gasteiger partial charge in [-0.05, 0) is 42.0 Å². The van der Waals surface area contributed by atoms with Gasteiger partial charge in [0.05, 0.1) is 6.42 Å². The first-order valence-electron chi connectivity index (χ1n) is 10.2. The summed E-state index contributed by atoms with van der Waals surface area (Å²) in [6, 6.07) is 13.5. The smallest absolute Gasteiger partial charge is 0.242 e. The summed E-state index contributed by atoms with van der Waals surface area (Å²) in [6.07, 6.45) is 0.408. The fourth-order valence-corrected chi connectivity index (χ4v) is 3.22. The van der Waals surface area contributed by atoms with E-state index in [0.29, 0.717) is 31.0 Å². The molecule has 2 amide bonds. The number of hydrogen-bond acceptors (Lipinski definition) is 2. The first-order valence-corrected chi connectivity index (χ1v) is 10.2. The Morgan fingerprint density at radius 1 is 1.03 bits per heavy atom. The maximum Gasteiger partial charge on any atom is 0.242 e. The highest BCUT2D eigenvalue weighted by Gasteiger charge is 2.29. The summed E-state index contributed by atoms with van der Waals surface area (Å²) in [7, 11) is 0. The lowest BCUT2D eigenvalue weighted by molar-refractivity contribution is -0.141. The number of carbonyl (C=O) groups is 2. The molecule has 0 aliphatic carbocycles. The Morgan fingerprint density at radius 3 is 2.24 bits per heavy atom. The van der Waals surface area contributed by atoms with Gasteiger partial charge in [-0.3, -0.25) is 9.59 Å². The second-order valence-electron chi connectivity index (χ2n) is 7.78. The van der Waals surface area contributed by atoms with E-state index in [4.69, 9.17) is 0 Å². The zero-order valence-corrected chi connectivity index (χ0v) is 17.7. The van der Waals surface area contributed by atoms with E-state index in [2.05, 4.69) is 5.32 Å². The molecule has 5 heteroatoms. The van der Waals surface area contributed by atoms with E-state index in [-0.39, 0.29) is 18.2 Å². The molecule has 4 nitrogen and oxygen atoms in total. The van der Waals surface area contributed by atoms with E-state index in [1.54, 1.807) is 23.1 Å². The minimum absolute atomic E-state index is 0.0769. The Kier molecular flexibility index (Phi) is 8.37. The van der Waals surface area contributed by atoms with Crippen molar-refractivity contribution >= 4 is 11.8 Å². The number of rotatable bonds is 9. The van der Waals surface area contributed by atoms with Crippen molar-refractivity contribution in [1.82, 2.24) is 10.2 Å². The normalized spacial score (nSPS) is 11.9. The molecule has 0 saturated carbocycles. The Bertz CT molecular complexity index is 835. The van der Waals surface area contributed by atoms with Crippen molar-refractivity contribution in [1.29, 1.82) is 0 Å². The summed E-state index contributed by atoms with van der Waals surface area (Å²) in [6.45, 7) is 8.78. The van der Waals surface area contributed by atoms with Gasteiger partial charge in [0.15, 0.2) is 0 Å². The molecule has 1 N–H and O–H groups in total. The number of aryl methyl sites for hydroxylation is 1. The topological polar surface area (TPSA) is 49.4 Å². The number of benzene rings is 2.